The summed E-state index contributed by atoms with van der Waals surface area (Å²) < 4.78 is 0. The molecular formula is C101H76N2. The van der Waals surface area contributed by atoms with Gasteiger partial charge in [-0.05, 0) is 204 Å². The molecule has 0 bridgehead atoms. The summed E-state index contributed by atoms with van der Waals surface area (Å²) in [6.45, 7) is 14.4. The zero-order valence-corrected chi connectivity index (χ0v) is 58.9. The van der Waals surface area contributed by atoms with Gasteiger partial charge in [0.2, 0.25) is 0 Å². The predicted octanol–water partition coefficient (Wildman–Crippen LogP) is 27.8. The molecule has 0 atom stereocenters. The Morgan fingerprint density at radius 3 is 0.825 bits per heavy atom. The first-order valence-corrected chi connectivity index (χ1v) is 36.3. The molecule has 0 saturated heterocycles. The van der Waals surface area contributed by atoms with Crippen molar-refractivity contribution in [3.63, 3.8) is 0 Å². The van der Waals surface area contributed by atoms with Crippen LogP contribution in [0.5, 0.6) is 0 Å². The first-order valence-electron chi connectivity index (χ1n) is 36.3. The van der Waals surface area contributed by atoms with Gasteiger partial charge in [-0.15, -0.1) is 0 Å². The van der Waals surface area contributed by atoms with Crippen molar-refractivity contribution in [3.8, 4) is 55.6 Å². The second kappa shape index (κ2) is 23.9. The lowest BCUT2D eigenvalue weighted by Crippen LogP contribution is -2.17. The fourth-order valence-corrected chi connectivity index (χ4v) is 17.5. The average molecular weight is 1320 g/mol. The molecule has 0 amide bonds. The SMILES string of the molecule is CC1(C)c2cc(/C=C/c3ccc4c(c3)C(C)(C)c3cc(N(c5cccc(-c6ccccc6)c5)c5cc6ccccc6c6ccccc56)ccc3-4)ccc2-c2ccc(/C=C/c3ccc4c(c3)C(C)(C)c3cc(N(c5cccc(-c6ccccc6)c5)c5cc6ccccc6c6ccccc56)ccc3-4)cc21. The summed E-state index contributed by atoms with van der Waals surface area (Å²) in [7, 11) is 0. The normalized spacial score (nSPS) is 14.1. The molecule has 3 aliphatic carbocycles. The van der Waals surface area contributed by atoms with Crippen LogP contribution in [0.25, 0.3) is 123 Å². The van der Waals surface area contributed by atoms with Crippen molar-refractivity contribution in [2.24, 2.45) is 0 Å². The summed E-state index contributed by atoms with van der Waals surface area (Å²) in [5, 5.41) is 9.90. The quantitative estimate of drug-likeness (QED) is 0.0889. The Morgan fingerprint density at radius 2 is 0.476 bits per heavy atom. The van der Waals surface area contributed by atoms with Gasteiger partial charge in [0, 0.05) is 49.8 Å². The van der Waals surface area contributed by atoms with E-state index in [0.29, 0.717) is 0 Å². The van der Waals surface area contributed by atoms with Gasteiger partial charge in [-0.2, -0.15) is 0 Å². The van der Waals surface area contributed by atoms with Gasteiger partial charge in [0.1, 0.15) is 0 Å². The van der Waals surface area contributed by atoms with Crippen LogP contribution >= 0.6 is 0 Å². The van der Waals surface area contributed by atoms with Gasteiger partial charge in [-0.25, -0.2) is 0 Å². The van der Waals surface area contributed by atoms with Crippen LogP contribution in [0.1, 0.15) is 97.2 Å². The third kappa shape index (κ3) is 10.2. The number of hydrogen-bond acceptors (Lipinski definition) is 2. The Morgan fingerprint density at radius 1 is 0.204 bits per heavy atom. The van der Waals surface area contributed by atoms with Crippen molar-refractivity contribution in [2.75, 3.05) is 9.80 Å². The van der Waals surface area contributed by atoms with E-state index in [4.69, 9.17) is 0 Å². The second-order valence-electron chi connectivity index (χ2n) is 30.0. The third-order valence-corrected chi connectivity index (χ3v) is 22.9. The molecule has 3 aliphatic rings. The zero-order valence-electron chi connectivity index (χ0n) is 58.9. The Bertz CT molecular complexity index is 5840. The van der Waals surface area contributed by atoms with E-state index >= 15 is 0 Å². The highest BCUT2D eigenvalue weighted by Crippen LogP contribution is 2.56. The molecule has 103 heavy (non-hydrogen) atoms. The van der Waals surface area contributed by atoms with E-state index in [1.165, 1.54) is 154 Å². The van der Waals surface area contributed by atoms with Crippen LogP contribution in [0.4, 0.5) is 34.1 Å². The summed E-state index contributed by atoms with van der Waals surface area (Å²) in [6.07, 6.45) is 9.23. The standard InChI is InChI=1S/C101H76N2/c1-99(2)91-55-65(39-41-67-45-51-85-87-53-47-77(63-95(87)100(3,4)93(85)57-67)102(75-31-21-29-71(59-75)69-23-9-7-10-24-69)97-61-73-27-13-15-33-79(73)81-35-17-19-37-89(81)97)43-49-83(91)84-50-44-66(56-92(84)99)40-42-68-46-52-86-88-54-48-78(64-96(88)101(5,6)94(86)58-68)103(76-32-22-30-72(60-76)70-25-11-8-12-26-70)98-62-74-28-14-16-34-80(74)82-36-18-20-38-90(82)98/h7-64H,1-6H3/b41-39+,42-40+. The first-order chi connectivity index (χ1) is 50.3. The van der Waals surface area contributed by atoms with E-state index in [2.05, 4.69) is 403 Å². The van der Waals surface area contributed by atoms with Crippen LogP contribution < -0.4 is 9.80 Å². The summed E-state index contributed by atoms with van der Waals surface area (Å²) in [4.78, 5) is 4.97. The highest BCUT2D eigenvalue weighted by atomic mass is 15.2. The van der Waals surface area contributed by atoms with Gasteiger partial charge >= 0.3 is 0 Å². The van der Waals surface area contributed by atoms with E-state index in [-0.39, 0.29) is 16.2 Å². The van der Waals surface area contributed by atoms with Crippen LogP contribution in [0.3, 0.4) is 0 Å². The summed E-state index contributed by atoms with van der Waals surface area (Å²) in [5.41, 5.74) is 31.6. The van der Waals surface area contributed by atoms with Crippen molar-refractivity contribution >= 4 is 102 Å². The van der Waals surface area contributed by atoms with Gasteiger partial charge < -0.3 is 9.80 Å². The Labute approximate surface area is 604 Å². The van der Waals surface area contributed by atoms with Crippen LogP contribution in [-0.2, 0) is 16.2 Å². The molecule has 0 heterocycles. The minimum atomic E-state index is -0.251. The second-order valence-corrected chi connectivity index (χ2v) is 30.0. The minimum Gasteiger partial charge on any atom is -0.310 e. The summed E-state index contributed by atoms with van der Waals surface area (Å²) in [5.74, 6) is 0. The number of nitrogens with zero attached hydrogens (tertiary/aromatic N) is 2. The number of anilines is 6. The lowest BCUT2D eigenvalue weighted by Gasteiger charge is -2.30. The molecule has 16 aromatic rings. The van der Waals surface area contributed by atoms with Gasteiger partial charge in [0.05, 0.1) is 11.4 Å². The lowest BCUT2D eigenvalue weighted by molar-refractivity contribution is 0.660. The van der Waals surface area contributed by atoms with Gasteiger partial charge in [-0.1, -0.05) is 333 Å². The molecule has 19 rings (SSSR count). The molecule has 0 fully saturated rings. The van der Waals surface area contributed by atoms with Crippen LogP contribution in [-0.4, -0.2) is 0 Å². The van der Waals surface area contributed by atoms with E-state index in [0.717, 1.165) is 34.1 Å². The minimum absolute atomic E-state index is 0.188. The monoisotopic (exact) mass is 1320 g/mol. The Balaban J connectivity index is 0.588. The predicted molar refractivity (Wildman–Crippen MR) is 440 cm³/mol. The van der Waals surface area contributed by atoms with E-state index in [1.807, 2.05) is 0 Å². The molecule has 16 aromatic carbocycles. The third-order valence-electron chi connectivity index (χ3n) is 22.9. The molecule has 2 nitrogen and oxygen atoms in total. The van der Waals surface area contributed by atoms with Gasteiger partial charge in [0.15, 0.2) is 0 Å². The zero-order chi connectivity index (χ0) is 69.3. The van der Waals surface area contributed by atoms with Gasteiger partial charge in [0.25, 0.3) is 0 Å². The van der Waals surface area contributed by atoms with Gasteiger partial charge in [-0.3, -0.25) is 0 Å². The maximum atomic E-state index is 2.49. The molecular weight excluding hydrogens is 1240 g/mol. The maximum absolute atomic E-state index is 2.49. The van der Waals surface area contributed by atoms with Crippen molar-refractivity contribution in [3.05, 3.63) is 383 Å². The van der Waals surface area contributed by atoms with Crippen molar-refractivity contribution in [1.82, 2.24) is 0 Å². The van der Waals surface area contributed by atoms with Crippen molar-refractivity contribution in [2.45, 2.75) is 57.8 Å². The first kappa shape index (κ1) is 61.7. The summed E-state index contributed by atoms with van der Waals surface area (Å²) >= 11 is 0. The molecule has 0 saturated carbocycles. The smallest absolute Gasteiger partial charge is 0.0546 e. The molecule has 0 aromatic heterocycles. The molecule has 0 spiro atoms. The fraction of sp³-hybridized carbons (Fsp3) is 0.0891. The summed E-state index contributed by atoms with van der Waals surface area (Å²) in [6, 6.07) is 122. The molecule has 490 valence electrons. The Hall–Kier alpha value is -12.4. The average Bonchev–Trinajstić information content (AvgIpc) is 1.65. The maximum Gasteiger partial charge on any atom is 0.0546 e. The number of hydrogen-bond donors (Lipinski definition) is 0. The highest BCUT2D eigenvalue weighted by molar-refractivity contribution is 6.16. The van der Waals surface area contributed by atoms with Crippen LogP contribution in [0, 0.1) is 0 Å². The largest absolute Gasteiger partial charge is 0.310 e. The van der Waals surface area contributed by atoms with E-state index in [1.54, 1.807) is 0 Å². The number of benzene rings is 16. The number of fused-ring (bicyclic) bond motifs is 15. The topological polar surface area (TPSA) is 6.48 Å². The highest BCUT2D eigenvalue weighted by Gasteiger charge is 2.39. The molecule has 0 unspecified atom stereocenters. The molecule has 0 aliphatic heterocycles. The molecule has 0 radical (unpaired) electrons. The fourth-order valence-electron chi connectivity index (χ4n) is 17.5. The van der Waals surface area contributed by atoms with Crippen molar-refractivity contribution in [1.29, 1.82) is 0 Å². The van der Waals surface area contributed by atoms with Crippen molar-refractivity contribution < 1.29 is 0 Å². The Kier molecular flexibility index (Phi) is 14.3. The lowest BCUT2D eigenvalue weighted by atomic mass is 9.81. The van der Waals surface area contributed by atoms with Crippen LogP contribution in [0.15, 0.2) is 328 Å². The van der Waals surface area contributed by atoms with E-state index < -0.39 is 0 Å². The molecule has 0 N–H and O–H groups in total. The molecule has 2 heteroatoms. The van der Waals surface area contributed by atoms with Crippen LogP contribution in [0.2, 0.25) is 0 Å². The number of rotatable bonds is 12. The van der Waals surface area contributed by atoms with E-state index in [9.17, 15) is 0 Å².